The minimum Gasteiger partial charge on any atom is -0.326 e. The highest BCUT2D eigenvalue weighted by Crippen LogP contribution is 2.25. The van der Waals surface area contributed by atoms with Crippen LogP contribution in [0.3, 0.4) is 0 Å². The summed E-state index contributed by atoms with van der Waals surface area (Å²) in [6.07, 6.45) is 0. The Morgan fingerprint density at radius 1 is 1.44 bits per heavy atom. The van der Waals surface area contributed by atoms with E-state index in [1.54, 1.807) is 6.92 Å². The van der Waals surface area contributed by atoms with Gasteiger partial charge >= 0.3 is 6.03 Å². The molecule has 1 aliphatic rings. The van der Waals surface area contributed by atoms with E-state index in [2.05, 4.69) is 5.32 Å². The Morgan fingerprint density at radius 2 is 2.12 bits per heavy atom. The highest BCUT2D eigenvalue weighted by atomic mass is 35.5. The lowest BCUT2D eigenvalue weighted by Gasteiger charge is -2.12. The monoisotopic (exact) mass is 242 g/mol. The van der Waals surface area contributed by atoms with Gasteiger partial charge in [0.25, 0.3) is 5.91 Å². The Kier molecular flexibility index (Phi) is 2.55. The number of anilines is 1. The topological polar surface area (TPSA) is 49.4 Å². The van der Waals surface area contributed by atoms with Crippen molar-refractivity contribution in [3.63, 3.8) is 0 Å². The maximum atomic E-state index is 12.9. The third-order valence-electron chi connectivity index (χ3n) is 2.30. The van der Waals surface area contributed by atoms with Gasteiger partial charge in [-0.05, 0) is 25.1 Å². The standard InChI is InChI=1S/C10H8ClFN2O2/c1-5-9(15)14(10(16)13-5)6-2-3-8(12)7(11)4-6/h2-5H,1H3,(H,13,16). The molecule has 16 heavy (non-hydrogen) atoms. The van der Waals surface area contributed by atoms with Gasteiger partial charge in [-0.15, -0.1) is 0 Å². The molecule has 1 aliphatic heterocycles. The Labute approximate surface area is 96.0 Å². The summed E-state index contributed by atoms with van der Waals surface area (Å²) in [7, 11) is 0. The van der Waals surface area contributed by atoms with E-state index < -0.39 is 17.9 Å². The van der Waals surface area contributed by atoms with E-state index in [0.29, 0.717) is 0 Å². The van der Waals surface area contributed by atoms with Gasteiger partial charge in [-0.1, -0.05) is 11.6 Å². The van der Waals surface area contributed by atoms with Gasteiger partial charge in [0.2, 0.25) is 0 Å². The summed E-state index contributed by atoms with van der Waals surface area (Å²) < 4.78 is 12.9. The van der Waals surface area contributed by atoms with Crippen LogP contribution in [0.1, 0.15) is 6.92 Å². The van der Waals surface area contributed by atoms with Gasteiger partial charge in [0.15, 0.2) is 0 Å². The SMILES string of the molecule is CC1NC(=O)N(c2ccc(F)c(Cl)c2)C1=O. The second-order valence-corrected chi connectivity index (χ2v) is 3.85. The molecule has 0 aliphatic carbocycles. The van der Waals surface area contributed by atoms with Crippen LogP contribution in [0.15, 0.2) is 18.2 Å². The minimum atomic E-state index is -0.592. The predicted molar refractivity (Wildman–Crippen MR) is 56.9 cm³/mol. The first-order chi connectivity index (χ1) is 7.50. The second-order valence-electron chi connectivity index (χ2n) is 3.44. The summed E-state index contributed by atoms with van der Waals surface area (Å²) in [5.74, 6) is -0.974. The third-order valence-corrected chi connectivity index (χ3v) is 2.58. The lowest BCUT2D eigenvalue weighted by Crippen LogP contribution is -2.30. The van der Waals surface area contributed by atoms with Crippen molar-refractivity contribution in [1.29, 1.82) is 0 Å². The first-order valence-corrected chi connectivity index (χ1v) is 4.98. The summed E-state index contributed by atoms with van der Waals surface area (Å²) in [5, 5.41) is 2.32. The van der Waals surface area contributed by atoms with Crippen LogP contribution >= 0.6 is 11.6 Å². The van der Waals surface area contributed by atoms with Crippen molar-refractivity contribution in [2.24, 2.45) is 0 Å². The molecule has 84 valence electrons. The van der Waals surface area contributed by atoms with E-state index in [1.807, 2.05) is 0 Å². The first-order valence-electron chi connectivity index (χ1n) is 4.60. The molecule has 6 heteroatoms. The number of urea groups is 1. The number of hydrogen-bond donors (Lipinski definition) is 1. The van der Waals surface area contributed by atoms with E-state index in [4.69, 9.17) is 11.6 Å². The molecule has 0 spiro atoms. The fourth-order valence-electron chi connectivity index (χ4n) is 1.47. The Bertz CT molecular complexity index is 478. The van der Waals surface area contributed by atoms with Crippen molar-refractivity contribution >= 4 is 29.2 Å². The molecule has 0 bridgehead atoms. The second kappa shape index (κ2) is 3.75. The molecule has 1 fully saturated rings. The number of imide groups is 1. The van der Waals surface area contributed by atoms with Crippen molar-refractivity contribution in [1.82, 2.24) is 5.32 Å². The lowest BCUT2D eigenvalue weighted by molar-refractivity contribution is -0.117. The number of carbonyl (C=O) groups is 2. The Morgan fingerprint density at radius 3 is 2.62 bits per heavy atom. The number of benzene rings is 1. The van der Waals surface area contributed by atoms with Crippen molar-refractivity contribution in [3.8, 4) is 0 Å². The van der Waals surface area contributed by atoms with Crippen LogP contribution in [0, 0.1) is 5.82 Å². The molecule has 1 heterocycles. The first kappa shape index (κ1) is 10.9. The van der Waals surface area contributed by atoms with Gasteiger partial charge in [0.1, 0.15) is 11.9 Å². The molecule has 1 unspecified atom stereocenters. The fraction of sp³-hybridized carbons (Fsp3) is 0.200. The van der Waals surface area contributed by atoms with Crippen LogP contribution in [-0.4, -0.2) is 18.0 Å². The van der Waals surface area contributed by atoms with Gasteiger partial charge in [0.05, 0.1) is 10.7 Å². The van der Waals surface area contributed by atoms with Crippen molar-refractivity contribution in [2.45, 2.75) is 13.0 Å². The van der Waals surface area contributed by atoms with Crippen LogP contribution in [0.5, 0.6) is 0 Å². The molecule has 1 atom stereocenters. The van der Waals surface area contributed by atoms with Gasteiger partial charge in [-0.3, -0.25) is 4.79 Å². The molecule has 3 amide bonds. The summed E-state index contributed by atoms with van der Waals surface area (Å²) >= 11 is 5.58. The molecule has 1 saturated heterocycles. The maximum Gasteiger partial charge on any atom is 0.329 e. The summed E-state index contributed by atoms with van der Waals surface area (Å²) in [6, 6.07) is 2.58. The molecule has 2 rings (SSSR count). The van der Waals surface area contributed by atoms with Crippen LogP contribution in [0.2, 0.25) is 5.02 Å². The van der Waals surface area contributed by atoms with Crippen LogP contribution < -0.4 is 10.2 Å². The van der Waals surface area contributed by atoms with Gasteiger partial charge < -0.3 is 5.32 Å². The summed E-state index contributed by atoms with van der Waals surface area (Å²) in [4.78, 5) is 24.0. The highest BCUT2D eigenvalue weighted by Gasteiger charge is 2.36. The predicted octanol–water partition coefficient (Wildman–Crippen LogP) is 1.92. The number of carbonyl (C=O) groups excluding carboxylic acids is 2. The fourth-order valence-corrected chi connectivity index (χ4v) is 1.65. The van der Waals surface area contributed by atoms with Crippen molar-refractivity contribution in [3.05, 3.63) is 29.0 Å². The zero-order chi connectivity index (χ0) is 11.9. The lowest BCUT2D eigenvalue weighted by atomic mass is 10.2. The number of nitrogens with zero attached hydrogens (tertiary/aromatic N) is 1. The Hall–Kier alpha value is -1.62. The number of amides is 3. The quantitative estimate of drug-likeness (QED) is 0.765. The average Bonchev–Trinajstić information content (AvgIpc) is 2.47. The van der Waals surface area contributed by atoms with E-state index >= 15 is 0 Å². The van der Waals surface area contributed by atoms with Crippen LogP contribution in [-0.2, 0) is 4.79 Å². The number of nitrogens with one attached hydrogen (secondary N) is 1. The maximum absolute atomic E-state index is 12.9. The van der Waals surface area contributed by atoms with E-state index in [0.717, 1.165) is 11.0 Å². The molecule has 1 aromatic carbocycles. The number of rotatable bonds is 1. The van der Waals surface area contributed by atoms with Gasteiger partial charge in [-0.2, -0.15) is 0 Å². The van der Waals surface area contributed by atoms with Crippen molar-refractivity contribution in [2.75, 3.05) is 4.90 Å². The molecular formula is C10H8ClFN2O2. The minimum absolute atomic E-state index is 0.127. The Balaban J connectivity index is 2.41. The average molecular weight is 243 g/mol. The van der Waals surface area contributed by atoms with Crippen molar-refractivity contribution < 1.29 is 14.0 Å². The number of halogens is 2. The smallest absolute Gasteiger partial charge is 0.326 e. The third kappa shape index (κ3) is 1.63. The summed E-state index contributed by atoms with van der Waals surface area (Å²) in [5.41, 5.74) is 0.262. The summed E-state index contributed by atoms with van der Waals surface area (Å²) in [6.45, 7) is 1.57. The zero-order valence-electron chi connectivity index (χ0n) is 8.33. The molecule has 1 aromatic rings. The molecule has 0 radical (unpaired) electrons. The molecular weight excluding hydrogens is 235 g/mol. The van der Waals surface area contributed by atoms with Gasteiger partial charge in [0, 0.05) is 0 Å². The van der Waals surface area contributed by atoms with E-state index in [1.165, 1.54) is 12.1 Å². The van der Waals surface area contributed by atoms with Crippen LogP contribution in [0.25, 0.3) is 0 Å². The highest BCUT2D eigenvalue weighted by molar-refractivity contribution is 6.31. The van der Waals surface area contributed by atoms with Gasteiger partial charge in [-0.25, -0.2) is 14.1 Å². The largest absolute Gasteiger partial charge is 0.329 e. The molecule has 4 nitrogen and oxygen atoms in total. The van der Waals surface area contributed by atoms with Crippen LogP contribution in [0.4, 0.5) is 14.9 Å². The number of hydrogen-bond acceptors (Lipinski definition) is 2. The van der Waals surface area contributed by atoms with E-state index in [-0.39, 0.29) is 16.6 Å². The normalized spacial score (nSPS) is 20.2. The molecule has 1 N–H and O–H groups in total. The zero-order valence-corrected chi connectivity index (χ0v) is 9.08. The molecule has 0 saturated carbocycles. The molecule has 0 aromatic heterocycles. The van der Waals surface area contributed by atoms with E-state index in [9.17, 15) is 14.0 Å².